The largest absolute Gasteiger partial charge is 0.481 e. The van der Waals surface area contributed by atoms with Crippen LogP contribution < -0.4 is 0 Å². The lowest BCUT2D eigenvalue weighted by molar-refractivity contribution is -0.137. The third kappa shape index (κ3) is 3.25. The summed E-state index contributed by atoms with van der Waals surface area (Å²) in [4.78, 5) is 25.2. The van der Waals surface area contributed by atoms with Gasteiger partial charge in [-0.1, -0.05) is 0 Å². The lowest BCUT2D eigenvalue weighted by Crippen LogP contribution is -2.44. The number of carboxylic acid groups (broad SMARTS) is 1. The molecule has 1 amide bonds. The van der Waals surface area contributed by atoms with Crippen LogP contribution >= 0.6 is 0 Å². The number of piperidine rings is 1. The van der Waals surface area contributed by atoms with Gasteiger partial charge in [-0.05, 0) is 44.6 Å². The van der Waals surface area contributed by atoms with E-state index >= 15 is 0 Å². The summed E-state index contributed by atoms with van der Waals surface area (Å²) >= 11 is 0. The molecular weight excluding hydrogens is 270 g/mol. The molecule has 1 unspecified atom stereocenters. The summed E-state index contributed by atoms with van der Waals surface area (Å²) in [5.41, 5.74) is 1.52. The minimum absolute atomic E-state index is 0.0309. The number of hydrogen-bond donors (Lipinski definition) is 2. The van der Waals surface area contributed by atoms with Crippen LogP contribution in [-0.2, 0) is 4.79 Å². The molecule has 1 atom stereocenters. The SMILES string of the molecule is O=C(O)CCC1CCCCN1C(=O)c1cc(C2CC2)[nH]n1. The number of carbonyl (C=O) groups is 2. The summed E-state index contributed by atoms with van der Waals surface area (Å²) in [5, 5.41) is 15.9. The molecular formula is C15H21N3O3. The molecule has 0 aromatic carbocycles. The summed E-state index contributed by atoms with van der Waals surface area (Å²) in [6, 6.07) is 1.89. The Labute approximate surface area is 123 Å². The molecule has 2 fully saturated rings. The zero-order valence-corrected chi connectivity index (χ0v) is 12.0. The molecule has 114 valence electrons. The molecule has 2 aliphatic rings. The van der Waals surface area contributed by atoms with Crippen LogP contribution in [0, 0.1) is 0 Å². The van der Waals surface area contributed by atoms with Crippen molar-refractivity contribution in [2.24, 2.45) is 0 Å². The summed E-state index contributed by atoms with van der Waals surface area (Å²) in [7, 11) is 0. The van der Waals surface area contributed by atoms with Gasteiger partial charge in [0.1, 0.15) is 5.69 Å². The number of likely N-dealkylation sites (tertiary alicyclic amines) is 1. The minimum Gasteiger partial charge on any atom is -0.481 e. The monoisotopic (exact) mass is 291 g/mol. The number of carbonyl (C=O) groups excluding carboxylic acids is 1. The molecule has 1 aromatic heterocycles. The predicted molar refractivity (Wildman–Crippen MR) is 76.1 cm³/mol. The maximum Gasteiger partial charge on any atom is 0.303 e. The van der Waals surface area contributed by atoms with Crippen LogP contribution in [0.1, 0.15) is 67.0 Å². The van der Waals surface area contributed by atoms with Crippen molar-refractivity contribution >= 4 is 11.9 Å². The fraction of sp³-hybridized carbons (Fsp3) is 0.667. The molecule has 0 radical (unpaired) electrons. The van der Waals surface area contributed by atoms with E-state index in [4.69, 9.17) is 5.11 Å². The number of nitrogens with zero attached hydrogens (tertiary/aromatic N) is 2. The zero-order chi connectivity index (χ0) is 14.8. The van der Waals surface area contributed by atoms with Gasteiger partial charge >= 0.3 is 5.97 Å². The van der Waals surface area contributed by atoms with E-state index in [1.165, 1.54) is 12.8 Å². The first-order valence-corrected chi connectivity index (χ1v) is 7.73. The maximum absolute atomic E-state index is 12.6. The highest BCUT2D eigenvalue weighted by Crippen LogP contribution is 2.39. The number of hydrogen-bond acceptors (Lipinski definition) is 3. The first-order chi connectivity index (χ1) is 10.1. The quantitative estimate of drug-likeness (QED) is 0.870. The van der Waals surface area contributed by atoms with Crippen molar-refractivity contribution in [3.63, 3.8) is 0 Å². The smallest absolute Gasteiger partial charge is 0.303 e. The summed E-state index contributed by atoms with van der Waals surface area (Å²) < 4.78 is 0. The van der Waals surface area contributed by atoms with Crippen molar-refractivity contribution in [2.45, 2.75) is 56.9 Å². The summed E-state index contributed by atoms with van der Waals surface area (Å²) in [6.07, 6.45) is 5.90. The average molecular weight is 291 g/mol. The van der Waals surface area contributed by atoms with Crippen molar-refractivity contribution in [1.29, 1.82) is 0 Å². The Hall–Kier alpha value is -1.85. The van der Waals surface area contributed by atoms with Crippen LogP contribution in [0.15, 0.2) is 6.07 Å². The first kappa shape index (κ1) is 14.1. The second-order valence-electron chi connectivity index (χ2n) is 6.06. The molecule has 1 saturated heterocycles. The fourth-order valence-corrected chi connectivity index (χ4v) is 3.05. The molecule has 2 heterocycles. The van der Waals surface area contributed by atoms with Gasteiger partial charge in [0.25, 0.3) is 5.91 Å². The second-order valence-corrected chi connectivity index (χ2v) is 6.06. The maximum atomic E-state index is 12.6. The van der Waals surface area contributed by atoms with Crippen LogP contribution in [0.25, 0.3) is 0 Å². The third-order valence-corrected chi connectivity index (χ3v) is 4.41. The predicted octanol–water partition coefficient (Wildman–Crippen LogP) is 2.15. The van der Waals surface area contributed by atoms with E-state index in [9.17, 15) is 9.59 Å². The van der Waals surface area contributed by atoms with E-state index in [0.29, 0.717) is 24.6 Å². The molecule has 1 aliphatic carbocycles. The highest BCUT2D eigenvalue weighted by atomic mass is 16.4. The normalized spacial score (nSPS) is 22.3. The molecule has 0 spiro atoms. The van der Waals surface area contributed by atoms with Crippen LogP contribution in [0.4, 0.5) is 0 Å². The van der Waals surface area contributed by atoms with Crippen molar-refractivity contribution in [3.05, 3.63) is 17.5 Å². The number of nitrogens with one attached hydrogen (secondary N) is 1. The molecule has 1 saturated carbocycles. The van der Waals surface area contributed by atoms with Crippen molar-refractivity contribution < 1.29 is 14.7 Å². The van der Waals surface area contributed by atoms with Crippen LogP contribution in [0.2, 0.25) is 0 Å². The molecule has 3 rings (SSSR count). The standard InChI is InChI=1S/C15H21N3O3/c19-14(20)7-6-11-3-1-2-8-18(11)15(21)13-9-12(16-17-13)10-4-5-10/h9-11H,1-8H2,(H,16,17)(H,19,20). The zero-order valence-electron chi connectivity index (χ0n) is 12.0. The Bertz CT molecular complexity index is 536. The van der Waals surface area contributed by atoms with Gasteiger partial charge in [0, 0.05) is 30.6 Å². The van der Waals surface area contributed by atoms with Gasteiger partial charge in [-0.2, -0.15) is 5.10 Å². The topological polar surface area (TPSA) is 86.3 Å². The lowest BCUT2D eigenvalue weighted by atomic mass is 9.97. The second kappa shape index (κ2) is 5.87. The number of aliphatic carboxylic acids is 1. The van der Waals surface area contributed by atoms with Crippen LogP contribution in [0.3, 0.4) is 0 Å². The van der Waals surface area contributed by atoms with Crippen LogP contribution in [0.5, 0.6) is 0 Å². The minimum atomic E-state index is -0.802. The average Bonchev–Trinajstić information content (AvgIpc) is 3.22. The Balaban J connectivity index is 1.68. The Morgan fingerprint density at radius 3 is 2.86 bits per heavy atom. The Morgan fingerprint density at radius 1 is 1.33 bits per heavy atom. The fourth-order valence-electron chi connectivity index (χ4n) is 3.05. The molecule has 6 heteroatoms. The molecule has 1 aromatic rings. The third-order valence-electron chi connectivity index (χ3n) is 4.41. The Kier molecular flexibility index (Phi) is 3.94. The molecule has 2 N–H and O–H groups in total. The van der Waals surface area contributed by atoms with Gasteiger partial charge < -0.3 is 10.0 Å². The number of carboxylic acids is 1. The molecule has 0 bridgehead atoms. The van der Waals surface area contributed by atoms with E-state index in [0.717, 1.165) is 25.0 Å². The highest BCUT2D eigenvalue weighted by molar-refractivity contribution is 5.92. The summed E-state index contributed by atoms with van der Waals surface area (Å²) in [6.45, 7) is 0.703. The van der Waals surface area contributed by atoms with Gasteiger partial charge in [-0.25, -0.2) is 0 Å². The van der Waals surface area contributed by atoms with E-state index in [2.05, 4.69) is 10.2 Å². The van der Waals surface area contributed by atoms with Crippen molar-refractivity contribution in [3.8, 4) is 0 Å². The van der Waals surface area contributed by atoms with Gasteiger partial charge in [0.2, 0.25) is 0 Å². The van der Waals surface area contributed by atoms with Crippen LogP contribution in [-0.4, -0.2) is 44.7 Å². The van der Waals surface area contributed by atoms with E-state index < -0.39 is 5.97 Å². The van der Waals surface area contributed by atoms with Crippen molar-refractivity contribution in [2.75, 3.05) is 6.54 Å². The molecule has 6 nitrogen and oxygen atoms in total. The number of aromatic nitrogens is 2. The van der Waals surface area contributed by atoms with Crippen molar-refractivity contribution in [1.82, 2.24) is 15.1 Å². The summed E-state index contributed by atoms with van der Waals surface area (Å²) in [5.74, 6) is -0.319. The molecule has 1 aliphatic heterocycles. The number of H-pyrrole nitrogens is 1. The molecule has 21 heavy (non-hydrogen) atoms. The van der Waals surface area contributed by atoms with E-state index in [1.807, 2.05) is 11.0 Å². The van der Waals surface area contributed by atoms with Gasteiger partial charge in [0.05, 0.1) is 0 Å². The van der Waals surface area contributed by atoms with Gasteiger partial charge in [-0.15, -0.1) is 0 Å². The number of amides is 1. The van der Waals surface area contributed by atoms with Gasteiger partial charge in [-0.3, -0.25) is 14.7 Å². The van der Waals surface area contributed by atoms with E-state index in [-0.39, 0.29) is 18.4 Å². The Morgan fingerprint density at radius 2 is 2.14 bits per heavy atom. The van der Waals surface area contributed by atoms with Gasteiger partial charge in [0.15, 0.2) is 0 Å². The first-order valence-electron chi connectivity index (χ1n) is 7.73. The highest BCUT2D eigenvalue weighted by Gasteiger charge is 2.31. The lowest BCUT2D eigenvalue weighted by Gasteiger charge is -2.35. The number of rotatable bonds is 5. The van der Waals surface area contributed by atoms with E-state index in [1.54, 1.807) is 0 Å². The number of aromatic amines is 1.